The minimum absolute atomic E-state index is 0.0933. The van der Waals surface area contributed by atoms with E-state index < -0.39 is 17.1 Å². The molecule has 0 saturated heterocycles. The van der Waals surface area contributed by atoms with Crippen molar-refractivity contribution < 1.29 is 18.0 Å². The predicted molar refractivity (Wildman–Crippen MR) is 59.7 cm³/mol. The smallest absolute Gasteiger partial charge is 0.351 e. The Balaban J connectivity index is 1.95. The van der Waals surface area contributed by atoms with E-state index in [4.69, 9.17) is 0 Å². The van der Waals surface area contributed by atoms with Gasteiger partial charge in [-0.05, 0) is 50.4 Å². The fourth-order valence-corrected chi connectivity index (χ4v) is 5.11. The lowest BCUT2D eigenvalue weighted by Gasteiger charge is -2.62. The van der Waals surface area contributed by atoms with Crippen LogP contribution in [0.2, 0.25) is 0 Å². The third-order valence-electron chi connectivity index (χ3n) is 5.10. The van der Waals surface area contributed by atoms with Crippen molar-refractivity contribution in [2.45, 2.75) is 57.2 Å². The Morgan fingerprint density at radius 2 is 1.72 bits per heavy atom. The molecular formula is C13H18F3NO. The number of hydrogen-bond donors (Lipinski definition) is 1. The normalized spacial score (nSPS) is 46.2. The Morgan fingerprint density at radius 1 is 1.17 bits per heavy atom. The quantitative estimate of drug-likeness (QED) is 0.772. The molecular weight excluding hydrogens is 243 g/mol. The van der Waals surface area contributed by atoms with Crippen LogP contribution >= 0.6 is 0 Å². The number of halogens is 3. The molecule has 102 valence electrons. The molecule has 4 bridgehead atoms. The van der Waals surface area contributed by atoms with Crippen LogP contribution in [-0.4, -0.2) is 17.6 Å². The molecule has 0 radical (unpaired) electrons. The number of hydrogen-bond acceptors (Lipinski definition) is 1. The predicted octanol–water partition coefficient (Wildman–Crippen LogP) is 3.02. The van der Waals surface area contributed by atoms with Crippen LogP contribution in [0.3, 0.4) is 0 Å². The molecule has 0 aromatic carbocycles. The zero-order valence-electron chi connectivity index (χ0n) is 10.4. The van der Waals surface area contributed by atoms with E-state index >= 15 is 0 Å². The summed E-state index contributed by atoms with van der Waals surface area (Å²) in [6, 6.07) is 0. The first-order chi connectivity index (χ1) is 8.24. The Kier molecular flexibility index (Phi) is 2.34. The minimum Gasteiger partial charge on any atom is -0.351 e. The maximum absolute atomic E-state index is 13.4. The van der Waals surface area contributed by atoms with Gasteiger partial charge in [0.25, 0.3) is 0 Å². The van der Waals surface area contributed by atoms with Crippen LogP contribution in [-0.2, 0) is 4.79 Å². The fourth-order valence-electron chi connectivity index (χ4n) is 5.11. The number of amides is 1. The second-order valence-electron chi connectivity index (χ2n) is 6.70. The van der Waals surface area contributed by atoms with Crippen molar-refractivity contribution in [3.05, 3.63) is 0 Å². The van der Waals surface area contributed by atoms with E-state index in [1.807, 2.05) is 0 Å². The van der Waals surface area contributed by atoms with Crippen molar-refractivity contribution in [3.8, 4) is 0 Å². The van der Waals surface area contributed by atoms with Gasteiger partial charge < -0.3 is 5.32 Å². The van der Waals surface area contributed by atoms with Gasteiger partial charge in [-0.15, -0.1) is 0 Å². The number of nitrogens with one attached hydrogen (secondary N) is 1. The van der Waals surface area contributed by atoms with Gasteiger partial charge in [-0.3, -0.25) is 4.79 Å². The summed E-state index contributed by atoms with van der Waals surface area (Å²) in [5.74, 6) is 0.0775. The highest BCUT2D eigenvalue weighted by Gasteiger charge is 2.67. The van der Waals surface area contributed by atoms with Crippen LogP contribution in [0.25, 0.3) is 0 Å². The van der Waals surface area contributed by atoms with Gasteiger partial charge in [-0.1, -0.05) is 0 Å². The standard InChI is InChI=1S/C13H18F3NO/c1-8(18)17-12-5-9-2-10(6-12)4-11(3-9,7-12)13(14,15)16/h9-10H,2-7H2,1H3,(H,17,18). The molecule has 0 aromatic heterocycles. The largest absolute Gasteiger partial charge is 0.394 e. The molecule has 2 atom stereocenters. The maximum atomic E-state index is 13.4. The first-order valence-corrected chi connectivity index (χ1v) is 6.59. The van der Waals surface area contributed by atoms with Gasteiger partial charge in [0.2, 0.25) is 5.91 Å². The van der Waals surface area contributed by atoms with Crippen molar-refractivity contribution in [3.63, 3.8) is 0 Å². The summed E-state index contributed by atoms with van der Waals surface area (Å²) in [6.07, 6.45) is -1.10. The molecule has 1 amide bonds. The van der Waals surface area contributed by atoms with Crippen LogP contribution in [0, 0.1) is 17.3 Å². The Hall–Kier alpha value is -0.740. The van der Waals surface area contributed by atoms with E-state index in [-0.39, 0.29) is 37.0 Å². The molecule has 2 nitrogen and oxygen atoms in total. The number of carbonyl (C=O) groups excluding carboxylic acids is 1. The van der Waals surface area contributed by atoms with Crippen LogP contribution in [0.1, 0.15) is 45.4 Å². The van der Waals surface area contributed by atoms with E-state index in [1.165, 1.54) is 6.92 Å². The van der Waals surface area contributed by atoms with E-state index in [9.17, 15) is 18.0 Å². The number of alkyl halides is 3. The molecule has 0 spiro atoms. The van der Waals surface area contributed by atoms with Gasteiger partial charge in [0, 0.05) is 12.5 Å². The fraction of sp³-hybridized carbons (Fsp3) is 0.923. The summed E-state index contributed by atoms with van der Waals surface area (Å²) < 4.78 is 40.2. The number of rotatable bonds is 1. The zero-order valence-corrected chi connectivity index (χ0v) is 10.4. The number of carbonyl (C=O) groups is 1. The molecule has 0 aliphatic heterocycles. The molecule has 2 unspecified atom stereocenters. The molecule has 4 rings (SSSR count). The van der Waals surface area contributed by atoms with Gasteiger partial charge in [0.1, 0.15) is 0 Å². The van der Waals surface area contributed by atoms with Gasteiger partial charge >= 0.3 is 6.18 Å². The Bertz CT molecular complexity index is 376. The maximum Gasteiger partial charge on any atom is 0.394 e. The van der Waals surface area contributed by atoms with Crippen LogP contribution in [0.4, 0.5) is 13.2 Å². The highest BCUT2D eigenvalue weighted by Crippen LogP contribution is 2.66. The van der Waals surface area contributed by atoms with E-state index in [0.717, 1.165) is 19.3 Å². The average Bonchev–Trinajstić information content (AvgIpc) is 2.10. The van der Waals surface area contributed by atoms with Crippen molar-refractivity contribution in [2.75, 3.05) is 0 Å². The summed E-state index contributed by atoms with van der Waals surface area (Å²) in [7, 11) is 0. The monoisotopic (exact) mass is 261 g/mol. The molecule has 0 aromatic rings. The molecule has 5 heteroatoms. The Labute approximate surface area is 104 Å². The third kappa shape index (κ3) is 1.66. The molecule has 18 heavy (non-hydrogen) atoms. The topological polar surface area (TPSA) is 29.1 Å². The highest BCUT2D eigenvalue weighted by atomic mass is 19.4. The molecule has 1 N–H and O–H groups in total. The summed E-state index contributed by atoms with van der Waals surface area (Å²) in [6.45, 7) is 1.40. The summed E-state index contributed by atoms with van der Waals surface area (Å²) in [4.78, 5) is 11.3. The van der Waals surface area contributed by atoms with Gasteiger partial charge in [0.15, 0.2) is 0 Å². The van der Waals surface area contributed by atoms with Crippen molar-refractivity contribution in [2.24, 2.45) is 17.3 Å². The SMILES string of the molecule is CC(=O)NC12CC3CC(C1)CC(C(F)(F)F)(C3)C2. The molecule has 4 saturated carbocycles. The minimum atomic E-state index is -4.13. The van der Waals surface area contributed by atoms with E-state index in [1.54, 1.807) is 0 Å². The van der Waals surface area contributed by atoms with Crippen molar-refractivity contribution in [1.29, 1.82) is 0 Å². The lowest BCUT2D eigenvalue weighted by atomic mass is 9.46. The average molecular weight is 261 g/mol. The van der Waals surface area contributed by atoms with Crippen molar-refractivity contribution in [1.82, 2.24) is 5.32 Å². The highest BCUT2D eigenvalue weighted by molar-refractivity contribution is 5.74. The third-order valence-corrected chi connectivity index (χ3v) is 5.10. The summed E-state index contributed by atoms with van der Waals surface area (Å²) in [5, 5.41) is 2.85. The van der Waals surface area contributed by atoms with Crippen LogP contribution in [0.5, 0.6) is 0 Å². The molecule has 4 fully saturated rings. The van der Waals surface area contributed by atoms with Gasteiger partial charge in [-0.2, -0.15) is 13.2 Å². The van der Waals surface area contributed by atoms with E-state index in [0.29, 0.717) is 0 Å². The summed E-state index contributed by atoms with van der Waals surface area (Å²) in [5.41, 5.74) is -2.11. The van der Waals surface area contributed by atoms with E-state index in [2.05, 4.69) is 5.32 Å². The molecule has 4 aliphatic rings. The lowest BCUT2D eigenvalue weighted by Crippen LogP contribution is -2.65. The second-order valence-corrected chi connectivity index (χ2v) is 6.70. The first-order valence-electron chi connectivity index (χ1n) is 6.59. The Morgan fingerprint density at radius 3 is 2.17 bits per heavy atom. The van der Waals surface area contributed by atoms with Gasteiger partial charge in [0.05, 0.1) is 5.41 Å². The second kappa shape index (κ2) is 3.42. The first kappa shape index (κ1) is 12.3. The summed E-state index contributed by atoms with van der Waals surface area (Å²) >= 11 is 0. The molecule has 0 heterocycles. The van der Waals surface area contributed by atoms with Gasteiger partial charge in [-0.25, -0.2) is 0 Å². The van der Waals surface area contributed by atoms with Crippen molar-refractivity contribution >= 4 is 5.91 Å². The van der Waals surface area contributed by atoms with Crippen LogP contribution < -0.4 is 5.32 Å². The van der Waals surface area contributed by atoms with Crippen LogP contribution in [0.15, 0.2) is 0 Å². The zero-order chi connectivity index (χ0) is 13.2. The molecule has 4 aliphatic carbocycles. The lowest BCUT2D eigenvalue weighted by molar-refractivity contribution is -0.278.